The smallest absolute Gasteiger partial charge is 0.366 e. The topological polar surface area (TPSA) is 48.7 Å². The third-order valence-electron chi connectivity index (χ3n) is 3.66. The van der Waals surface area contributed by atoms with Crippen LogP contribution in [0.25, 0.3) is 0 Å². The zero-order valence-electron chi connectivity index (χ0n) is 11.2. The maximum absolute atomic E-state index is 12.7. The number of nitrogens with zero attached hydrogens (tertiary/aromatic N) is 2. The third-order valence-corrected chi connectivity index (χ3v) is 3.66. The first-order valence-electron chi connectivity index (χ1n) is 6.65. The summed E-state index contributed by atoms with van der Waals surface area (Å²) in [5.41, 5.74) is -0.820. The van der Waals surface area contributed by atoms with Crippen LogP contribution in [0.1, 0.15) is 43.9 Å². The van der Waals surface area contributed by atoms with E-state index in [4.69, 9.17) is 5.26 Å². The lowest BCUT2D eigenvalue weighted by Gasteiger charge is -2.27. The minimum Gasteiger partial charge on any atom is -0.366 e. The quantitative estimate of drug-likeness (QED) is 0.893. The van der Waals surface area contributed by atoms with E-state index in [2.05, 4.69) is 17.2 Å². The lowest BCUT2D eigenvalue weighted by Crippen LogP contribution is -2.26. The molecular formula is C14H16F3N3. The third kappa shape index (κ3) is 3.41. The van der Waals surface area contributed by atoms with E-state index in [1.807, 2.05) is 6.07 Å². The van der Waals surface area contributed by atoms with E-state index in [9.17, 15) is 13.2 Å². The molecule has 1 aromatic heterocycles. The van der Waals surface area contributed by atoms with Gasteiger partial charge in [0.2, 0.25) is 0 Å². The molecule has 6 heteroatoms. The fourth-order valence-electron chi connectivity index (χ4n) is 2.42. The van der Waals surface area contributed by atoms with Crippen LogP contribution >= 0.6 is 0 Å². The predicted molar refractivity (Wildman–Crippen MR) is 69.0 cm³/mol. The van der Waals surface area contributed by atoms with Crippen molar-refractivity contribution in [1.82, 2.24) is 4.98 Å². The molecule has 1 N–H and O–H groups in total. The highest BCUT2D eigenvalue weighted by molar-refractivity contribution is 5.53. The molecule has 0 radical (unpaired) electrons. The van der Waals surface area contributed by atoms with Gasteiger partial charge in [0.1, 0.15) is 17.6 Å². The van der Waals surface area contributed by atoms with Crippen molar-refractivity contribution in [2.75, 3.05) is 5.32 Å². The molecule has 0 saturated heterocycles. The molecule has 1 saturated carbocycles. The minimum absolute atomic E-state index is 0.0434. The highest BCUT2D eigenvalue weighted by Crippen LogP contribution is 2.31. The molecule has 1 aliphatic carbocycles. The van der Waals surface area contributed by atoms with Gasteiger partial charge in [-0.1, -0.05) is 6.92 Å². The molecule has 1 aliphatic rings. The van der Waals surface area contributed by atoms with E-state index in [1.54, 1.807) is 0 Å². The van der Waals surface area contributed by atoms with Crippen LogP contribution in [-0.2, 0) is 6.18 Å². The van der Waals surface area contributed by atoms with Gasteiger partial charge < -0.3 is 5.32 Å². The van der Waals surface area contributed by atoms with E-state index in [1.165, 1.54) is 6.07 Å². The summed E-state index contributed by atoms with van der Waals surface area (Å²) in [7, 11) is 0. The highest BCUT2D eigenvalue weighted by Gasteiger charge is 2.33. The maximum Gasteiger partial charge on any atom is 0.433 e. The first kappa shape index (κ1) is 14.6. The SMILES string of the molecule is CC1CCC(Nc2nc(C(F)(F)F)ccc2C#N)CC1. The zero-order chi connectivity index (χ0) is 14.8. The zero-order valence-corrected chi connectivity index (χ0v) is 11.2. The molecule has 1 aromatic rings. The summed E-state index contributed by atoms with van der Waals surface area (Å²) in [6, 6.07) is 3.98. The average Bonchev–Trinajstić information content (AvgIpc) is 2.40. The van der Waals surface area contributed by atoms with Gasteiger partial charge in [0, 0.05) is 6.04 Å². The number of halogens is 3. The van der Waals surface area contributed by atoms with E-state index < -0.39 is 11.9 Å². The highest BCUT2D eigenvalue weighted by atomic mass is 19.4. The maximum atomic E-state index is 12.7. The van der Waals surface area contributed by atoms with E-state index in [-0.39, 0.29) is 17.4 Å². The monoisotopic (exact) mass is 283 g/mol. The normalized spacial score (nSPS) is 23.1. The summed E-state index contributed by atoms with van der Waals surface area (Å²) in [4.78, 5) is 3.57. The Labute approximate surface area is 115 Å². The van der Waals surface area contributed by atoms with Gasteiger partial charge in [-0.15, -0.1) is 0 Å². The largest absolute Gasteiger partial charge is 0.433 e. The van der Waals surface area contributed by atoms with E-state index in [0.717, 1.165) is 31.7 Å². The summed E-state index contributed by atoms with van der Waals surface area (Å²) in [5.74, 6) is 0.694. The number of hydrogen-bond acceptors (Lipinski definition) is 3. The lowest BCUT2D eigenvalue weighted by atomic mass is 9.87. The number of anilines is 1. The molecule has 20 heavy (non-hydrogen) atoms. The van der Waals surface area contributed by atoms with Crippen LogP contribution in [0.2, 0.25) is 0 Å². The summed E-state index contributed by atoms with van der Waals surface area (Å²) >= 11 is 0. The van der Waals surface area contributed by atoms with Gasteiger partial charge in [0.15, 0.2) is 0 Å². The molecule has 1 heterocycles. The van der Waals surface area contributed by atoms with Gasteiger partial charge in [0.05, 0.1) is 5.56 Å². The van der Waals surface area contributed by atoms with Gasteiger partial charge in [0.25, 0.3) is 0 Å². The van der Waals surface area contributed by atoms with Crippen LogP contribution in [0.3, 0.4) is 0 Å². The summed E-state index contributed by atoms with van der Waals surface area (Å²) in [6.45, 7) is 2.17. The van der Waals surface area contributed by atoms with Crippen LogP contribution in [-0.4, -0.2) is 11.0 Å². The summed E-state index contributed by atoms with van der Waals surface area (Å²) < 4.78 is 38.0. The van der Waals surface area contributed by atoms with Crippen molar-refractivity contribution in [3.8, 4) is 6.07 Å². The molecular weight excluding hydrogens is 267 g/mol. The number of nitriles is 1. The fraction of sp³-hybridized carbons (Fsp3) is 0.571. The van der Waals surface area contributed by atoms with Gasteiger partial charge in [-0.25, -0.2) is 4.98 Å². The van der Waals surface area contributed by atoms with Crippen molar-refractivity contribution in [3.63, 3.8) is 0 Å². The Hall–Kier alpha value is -1.77. The van der Waals surface area contributed by atoms with Crippen molar-refractivity contribution in [3.05, 3.63) is 23.4 Å². The Morgan fingerprint density at radius 1 is 1.25 bits per heavy atom. The fourth-order valence-corrected chi connectivity index (χ4v) is 2.42. The molecule has 3 nitrogen and oxygen atoms in total. The number of hydrogen-bond donors (Lipinski definition) is 1. The molecule has 0 spiro atoms. The van der Waals surface area contributed by atoms with E-state index in [0.29, 0.717) is 5.92 Å². The number of rotatable bonds is 2. The van der Waals surface area contributed by atoms with E-state index >= 15 is 0 Å². The molecule has 0 aliphatic heterocycles. The number of nitrogens with one attached hydrogen (secondary N) is 1. The number of pyridine rings is 1. The van der Waals surface area contributed by atoms with Crippen molar-refractivity contribution in [2.45, 2.75) is 44.8 Å². The Kier molecular flexibility index (Phi) is 4.17. The number of aromatic nitrogens is 1. The van der Waals surface area contributed by atoms with Gasteiger partial charge in [-0.05, 0) is 43.7 Å². The van der Waals surface area contributed by atoms with Crippen molar-refractivity contribution >= 4 is 5.82 Å². The molecule has 2 rings (SSSR count). The predicted octanol–water partition coefficient (Wildman–Crippen LogP) is 3.96. The van der Waals surface area contributed by atoms with Crippen LogP contribution in [0, 0.1) is 17.2 Å². The lowest BCUT2D eigenvalue weighted by molar-refractivity contribution is -0.141. The molecule has 0 atom stereocenters. The Morgan fingerprint density at radius 2 is 1.90 bits per heavy atom. The van der Waals surface area contributed by atoms with Gasteiger partial charge in [-0.3, -0.25) is 0 Å². The van der Waals surface area contributed by atoms with Crippen molar-refractivity contribution in [1.29, 1.82) is 5.26 Å². The van der Waals surface area contributed by atoms with Gasteiger partial charge >= 0.3 is 6.18 Å². The molecule has 0 amide bonds. The van der Waals surface area contributed by atoms with Crippen molar-refractivity contribution in [2.24, 2.45) is 5.92 Å². The minimum atomic E-state index is -4.49. The molecule has 1 fully saturated rings. The van der Waals surface area contributed by atoms with Crippen LogP contribution in [0.15, 0.2) is 12.1 Å². The Morgan fingerprint density at radius 3 is 2.45 bits per heavy atom. The molecule has 0 unspecified atom stereocenters. The van der Waals surface area contributed by atoms with Crippen LogP contribution < -0.4 is 5.32 Å². The molecule has 108 valence electrons. The second-order valence-electron chi connectivity index (χ2n) is 5.30. The second kappa shape index (κ2) is 5.70. The van der Waals surface area contributed by atoms with Crippen LogP contribution in [0.4, 0.5) is 19.0 Å². The Balaban J connectivity index is 2.19. The van der Waals surface area contributed by atoms with Gasteiger partial charge in [-0.2, -0.15) is 18.4 Å². The standard InChI is InChI=1S/C14H16F3N3/c1-9-2-5-11(6-3-9)19-13-10(8-18)4-7-12(20-13)14(15,16)17/h4,7,9,11H,2-3,5-6H2,1H3,(H,19,20). The molecule has 0 bridgehead atoms. The average molecular weight is 283 g/mol. The number of alkyl halides is 3. The molecule has 0 aromatic carbocycles. The first-order valence-corrected chi connectivity index (χ1v) is 6.65. The van der Waals surface area contributed by atoms with Crippen molar-refractivity contribution < 1.29 is 13.2 Å². The summed E-state index contributed by atoms with van der Waals surface area (Å²) in [5, 5.41) is 12.0. The second-order valence-corrected chi connectivity index (χ2v) is 5.30. The Bertz CT molecular complexity index is 511. The first-order chi connectivity index (χ1) is 9.40. The van der Waals surface area contributed by atoms with Crippen LogP contribution in [0.5, 0.6) is 0 Å². The summed E-state index contributed by atoms with van der Waals surface area (Å²) in [6.07, 6.45) is -0.629.